The van der Waals surface area contributed by atoms with Crippen LogP contribution >= 0.6 is 11.6 Å². The molecule has 0 aliphatic rings. The zero-order valence-corrected chi connectivity index (χ0v) is 12.1. The monoisotopic (exact) mass is 340 g/mol. The van der Waals surface area contributed by atoms with Gasteiger partial charge in [-0.1, -0.05) is 23.7 Å². The van der Waals surface area contributed by atoms with Gasteiger partial charge in [0, 0.05) is 5.56 Å². The molecule has 0 fully saturated rings. The van der Waals surface area contributed by atoms with Gasteiger partial charge in [0.15, 0.2) is 0 Å². The number of rotatable bonds is 2. The number of ether oxygens (including phenoxy) is 1. The number of halogens is 4. The molecule has 0 aliphatic heterocycles. The Morgan fingerprint density at radius 2 is 1.87 bits per heavy atom. The van der Waals surface area contributed by atoms with Crippen molar-refractivity contribution in [3.63, 3.8) is 0 Å². The third-order valence-electron chi connectivity index (χ3n) is 3.04. The van der Waals surface area contributed by atoms with Crippen LogP contribution in [0.5, 0.6) is 5.75 Å². The van der Waals surface area contributed by atoms with Crippen molar-refractivity contribution in [1.29, 1.82) is 0 Å². The molecule has 0 unspecified atom stereocenters. The van der Waals surface area contributed by atoms with Crippen molar-refractivity contribution in [2.45, 2.75) is 6.36 Å². The summed E-state index contributed by atoms with van der Waals surface area (Å²) in [7, 11) is 0. The first kappa shape index (κ1) is 15.4. The summed E-state index contributed by atoms with van der Waals surface area (Å²) in [5.41, 5.74) is 0.489. The molecule has 0 saturated heterocycles. The molecule has 23 heavy (non-hydrogen) atoms. The Morgan fingerprint density at radius 1 is 1.13 bits per heavy atom. The normalized spacial score (nSPS) is 11.7. The summed E-state index contributed by atoms with van der Waals surface area (Å²) in [5.74, 6) is -0.319. The molecule has 0 bridgehead atoms. The first-order valence-electron chi connectivity index (χ1n) is 6.38. The van der Waals surface area contributed by atoms with Crippen LogP contribution in [0.1, 0.15) is 0 Å². The summed E-state index contributed by atoms with van der Waals surface area (Å²) in [6.45, 7) is 0. The summed E-state index contributed by atoms with van der Waals surface area (Å²) in [5, 5.41) is 0.176. The van der Waals surface area contributed by atoms with Crippen LogP contribution < -0.4 is 10.3 Å². The second-order valence-corrected chi connectivity index (χ2v) is 5.03. The molecule has 3 aromatic rings. The van der Waals surface area contributed by atoms with Gasteiger partial charge in [0.2, 0.25) is 0 Å². The van der Waals surface area contributed by atoms with Crippen LogP contribution in [0.25, 0.3) is 22.3 Å². The van der Waals surface area contributed by atoms with E-state index in [0.29, 0.717) is 16.5 Å². The predicted molar refractivity (Wildman–Crippen MR) is 79.5 cm³/mol. The largest absolute Gasteiger partial charge is 0.573 e. The van der Waals surface area contributed by atoms with Crippen LogP contribution in [0.15, 0.2) is 47.3 Å². The highest BCUT2D eigenvalue weighted by atomic mass is 35.5. The van der Waals surface area contributed by atoms with Crippen molar-refractivity contribution in [1.82, 2.24) is 9.97 Å². The highest BCUT2D eigenvalue weighted by Gasteiger charge is 2.32. The summed E-state index contributed by atoms with van der Waals surface area (Å²) in [4.78, 5) is 18.9. The van der Waals surface area contributed by atoms with Crippen molar-refractivity contribution >= 4 is 22.5 Å². The van der Waals surface area contributed by atoms with Crippen molar-refractivity contribution in [3.8, 4) is 17.1 Å². The number of H-pyrrole nitrogens is 1. The second kappa shape index (κ2) is 5.58. The van der Waals surface area contributed by atoms with E-state index >= 15 is 0 Å². The Bertz CT molecular complexity index is 938. The quantitative estimate of drug-likeness (QED) is 0.762. The maximum atomic E-state index is 12.2. The van der Waals surface area contributed by atoms with Gasteiger partial charge in [0.05, 0.1) is 15.9 Å². The van der Waals surface area contributed by atoms with Crippen LogP contribution in [0.3, 0.4) is 0 Å². The minimum absolute atomic E-state index is 0.203. The van der Waals surface area contributed by atoms with Crippen LogP contribution in [0.4, 0.5) is 13.2 Å². The third-order valence-corrected chi connectivity index (χ3v) is 3.34. The zero-order valence-electron chi connectivity index (χ0n) is 11.3. The molecule has 2 aromatic carbocycles. The number of aromatic amines is 1. The average Bonchev–Trinajstić information content (AvgIpc) is 2.48. The van der Waals surface area contributed by atoms with E-state index in [1.165, 1.54) is 12.1 Å². The molecule has 0 saturated carbocycles. The number of nitrogens with one attached hydrogen (secondary N) is 1. The summed E-state index contributed by atoms with van der Waals surface area (Å²) >= 11 is 5.80. The molecule has 118 valence electrons. The number of benzene rings is 2. The first-order valence-corrected chi connectivity index (χ1v) is 6.76. The van der Waals surface area contributed by atoms with Gasteiger partial charge >= 0.3 is 6.36 Å². The highest BCUT2D eigenvalue weighted by Crippen LogP contribution is 2.32. The van der Waals surface area contributed by atoms with Gasteiger partial charge in [-0.2, -0.15) is 0 Å². The third kappa shape index (κ3) is 3.29. The second-order valence-electron chi connectivity index (χ2n) is 4.62. The number of nitrogens with zero attached hydrogens (tertiary/aromatic N) is 1. The molecule has 0 radical (unpaired) electrons. The Labute approximate surface area is 132 Å². The van der Waals surface area contributed by atoms with Crippen LogP contribution in [0, 0.1) is 0 Å². The number of hydrogen-bond acceptors (Lipinski definition) is 3. The molecule has 1 aromatic heterocycles. The van der Waals surface area contributed by atoms with Gasteiger partial charge in [-0.3, -0.25) is 4.79 Å². The van der Waals surface area contributed by atoms with Gasteiger partial charge in [-0.05, 0) is 30.3 Å². The van der Waals surface area contributed by atoms with Gasteiger partial charge in [-0.25, -0.2) is 4.98 Å². The number of fused-ring (bicyclic) bond motifs is 1. The summed E-state index contributed by atoms with van der Waals surface area (Å²) in [6, 6.07) is 10.4. The maximum absolute atomic E-state index is 12.2. The van der Waals surface area contributed by atoms with Gasteiger partial charge in [0.25, 0.3) is 5.56 Å². The molecule has 0 amide bonds. The average molecular weight is 341 g/mol. The van der Waals surface area contributed by atoms with Crippen molar-refractivity contribution in [2.24, 2.45) is 0 Å². The van der Waals surface area contributed by atoms with Crippen molar-refractivity contribution < 1.29 is 17.9 Å². The number of para-hydroxylation sites is 1. The molecular weight excluding hydrogens is 333 g/mol. The van der Waals surface area contributed by atoms with Gasteiger partial charge < -0.3 is 9.72 Å². The molecule has 1 heterocycles. The number of aromatic nitrogens is 2. The molecular formula is C15H8ClF3N2O2. The lowest BCUT2D eigenvalue weighted by Gasteiger charge is -2.11. The highest BCUT2D eigenvalue weighted by molar-refractivity contribution is 6.32. The Kier molecular flexibility index (Phi) is 3.73. The Hall–Kier alpha value is -2.54. The van der Waals surface area contributed by atoms with Crippen molar-refractivity contribution in [3.05, 3.63) is 57.8 Å². The SMILES string of the molecule is O=c1[nH]c(-c2ccc(OC(F)(F)F)c(Cl)c2)nc2ccccc12. The van der Waals surface area contributed by atoms with Crippen LogP contribution in [0.2, 0.25) is 5.02 Å². The van der Waals surface area contributed by atoms with E-state index in [1.807, 2.05) is 0 Å². The number of hydrogen-bond donors (Lipinski definition) is 1. The smallest absolute Gasteiger partial charge is 0.404 e. The summed E-state index contributed by atoms with van der Waals surface area (Å²) in [6.07, 6.45) is -4.83. The fraction of sp³-hybridized carbons (Fsp3) is 0.0667. The first-order chi connectivity index (χ1) is 10.8. The summed E-state index contributed by atoms with van der Waals surface area (Å²) < 4.78 is 40.5. The lowest BCUT2D eigenvalue weighted by Crippen LogP contribution is -2.17. The predicted octanol–water partition coefficient (Wildman–Crippen LogP) is 4.14. The number of alkyl halides is 3. The standard InChI is InChI=1S/C15H8ClF3N2O2/c16-10-7-8(5-6-12(10)23-15(17,18)19)13-20-11-4-2-1-3-9(11)14(22)21-13/h1-7H,(H,20,21,22). The minimum Gasteiger partial charge on any atom is -0.404 e. The molecule has 4 nitrogen and oxygen atoms in total. The molecule has 1 N–H and O–H groups in total. The van der Waals surface area contributed by atoms with E-state index in [2.05, 4.69) is 14.7 Å². The molecule has 0 atom stereocenters. The minimum atomic E-state index is -4.83. The van der Waals surface area contributed by atoms with E-state index < -0.39 is 12.1 Å². The van der Waals surface area contributed by atoms with Gasteiger partial charge in [0.1, 0.15) is 11.6 Å². The Balaban J connectivity index is 2.06. The Morgan fingerprint density at radius 3 is 2.57 bits per heavy atom. The lowest BCUT2D eigenvalue weighted by atomic mass is 10.2. The fourth-order valence-electron chi connectivity index (χ4n) is 2.08. The maximum Gasteiger partial charge on any atom is 0.573 e. The topological polar surface area (TPSA) is 55.0 Å². The molecule has 3 rings (SSSR count). The molecule has 0 spiro atoms. The van der Waals surface area contributed by atoms with E-state index in [1.54, 1.807) is 24.3 Å². The van der Waals surface area contributed by atoms with E-state index in [0.717, 1.165) is 6.07 Å². The van der Waals surface area contributed by atoms with E-state index in [-0.39, 0.29) is 16.4 Å². The molecule has 0 aliphatic carbocycles. The van der Waals surface area contributed by atoms with Crippen LogP contribution in [-0.2, 0) is 0 Å². The van der Waals surface area contributed by atoms with Crippen molar-refractivity contribution in [2.75, 3.05) is 0 Å². The lowest BCUT2D eigenvalue weighted by molar-refractivity contribution is -0.274. The van der Waals surface area contributed by atoms with E-state index in [9.17, 15) is 18.0 Å². The van der Waals surface area contributed by atoms with Crippen LogP contribution in [-0.4, -0.2) is 16.3 Å². The zero-order chi connectivity index (χ0) is 16.6. The van der Waals surface area contributed by atoms with E-state index in [4.69, 9.17) is 11.6 Å². The fourth-order valence-corrected chi connectivity index (χ4v) is 2.30. The van der Waals surface area contributed by atoms with Gasteiger partial charge in [-0.15, -0.1) is 13.2 Å². The molecule has 8 heteroatoms.